The summed E-state index contributed by atoms with van der Waals surface area (Å²) in [5.41, 5.74) is 3.78. The minimum Gasteiger partial charge on any atom is -0.294 e. The molecular weight excluding hydrogens is 234 g/mol. The lowest BCUT2D eigenvalue weighted by Crippen LogP contribution is -2.22. The van der Waals surface area contributed by atoms with Crippen LogP contribution in [0.3, 0.4) is 0 Å². The number of nitrogens with zero attached hydrogens (tertiary/aromatic N) is 3. The third kappa shape index (κ3) is 3.61. The third-order valence-electron chi connectivity index (χ3n) is 3.56. The molecule has 1 aromatic heterocycles. The number of hydrogen-bond acceptors (Lipinski definition) is 3. The molecule has 1 unspecified atom stereocenters. The Morgan fingerprint density at radius 2 is 1.79 bits per heavy atom. The molecule has 0 spiro atoms. The molecule has 2 rings (SSSR count). The summed E-state index contributed by atoms with van der Waals surface area (Å²) in [4.78, 5) is 10.6. The van der Waals surface area contributed by atoms with Crippen molar-refractivity contribution in [2.45, 2.75) is 32.9 Å². The first-order chi connectivity index (χ1) is 9.20. The Hall–Kier alpha value is -1.74. The minimum atomic E-state index is 0.286. The summed E-state index contributed by atoms with van der Waals surface area (Å²) in [6.45, 7) is 5.27. The van der Waals surface area contributed by atoms with E-state index >= 15 is 0 Å². The average Bonchev–Trinajstić information content (AvgIpc) is 2.48. The van der Waals surface area contributed by atoms with Crippen molar-refractivity contribution in [1.29, 1.82) is 0 Å². The lowest BCUT2D eigenvalue weighted by molar-refractivity contribution is 0.248. The predicted molar refractivity (Wildman–Crippen MR) is 77.7 cm³/mol. The Kier molecular flexibility index (Phi) is 4.63. The molecule has 3 heteroatoms. The molecule has 0 aliphatic heterocycles. The Labute approximate surface area is 115 Å². The monoisotopic (exact) mass is 255 g/mol. The van der Waals surface area contributed by atoms with Gasteiger partial charge in [-0.2, -0.15) is 0 Å². The van der Waals surface area contributed by atoms with Crippen LogP contribution in [0.25, 0.3) is 0 Å². The molecule has 0 saturated heterocycles. The molecule has 0 N–H and O–H groups in total. The van der Waals surface area contributed by atoms with Crippen LogP contribution in [0.4, 0.5) is 0 Å². The number of aryl methyl sites for hydroxylation is 1. The fraction of sp³-hybridized carbons (Fsp3) is 0.375. The van der Waals surface area contributed by atoms with Gasteiger partial charge in [0.25, 0.3) is 0 Å². The van der Waals surface area contributed by atoms with Gasteiger partial charge in [0.15, 0.2) is 0 Å². The first-order valence-electron chi connectivity index (χ1n) is 6.74. The van der Waals surface area contributed by atoms with Gasteiger partial charge in [0.1, 0.15) is 6.33 Å². The van der Waals surface area contributed by atoms with Crippen LogP contribution in [0.1, 0.15) is 36.7 Å². The Morgan fingerprint density at radius 3 is 2.37 bits per heavy atom. The summed E-state index contributed by atoms with van der Waals surface area (Å²) in [5.74, 6) is 0. The number of aromatic nitrogens is 2. The molecule has 0 aliphatic rings. The maximum atomic E-state index is 4.32. The van der Waals surface area contributed by atoms with Gasteiger partial charge in [0, 0.05) is 18.8 Å². The van der Waals surface area contributed by atoms with E-state index in [1.54, 1.807) is 12.5 Å². The van der Waals surface area contributed by atoms with Crippen molar-refractivity contribution in [3.63, 3.8) is 0 Å². The quantitative estimate of drug-likeness (QED) is 0.821. The Bertz CT molecular complexity index is 493. The third-order valence-corrected chi connectivity index (χ3v) is 3.56. The number of hydrogen-bond donors (Lipinski definition) is 0. The molecule has 0 bridgehead atoms. The Balaban J connectivity index is 2.01. The van der Waals surface area contributed by atoms with Crippen LogP contribution in [-0.2, 0) is 13.0 Å². The zero-order chi connectivity index (χ0) is 13.7. The van der Waals surface area contributed by atoms with E-state index in [2.05, 4.69) is 60.0 Å². The molecule has 0 aliphatic carbocycles. The van der Waals surface area contributed by atoms with E-state index in [-0.39, 0.29) is 6.04 Å². The van der Waals surface area contributed by atoms with Crippen molar-refractivity contribution in [2.75, 3.05) is 7.05 Å². The minimum absolute atomic E-state index is 0.286. The average molecular weight is 255 g/mol. The van der Waals surface area contributed by atoms with Crippen LogP contribution in [0.2, 0.25) is 0 Å². The molecule has 100 valence electrons. The SMILES string of the molecule is CCc1ccc(CN(C)C(C)c2ccncn2)cc1. The second kappa shape index (κ2) is 6.43. The van der Waals surface area contributed by atoms with Gasteiger partial charge in [-0.3, -0.25) is 4.90 Å². The van der Waals surface area contributed by atoms with Gasteiger partial charge >= 0.3 is 0 Å². The van der Waals surface area contributed by atoms with Crippen LogP contribution in [0.15, 0.2) is 42.9 Å². The van der Waals surface area contributed by atoms with Crippen molar-refractivity contribution in [1.82, 2.24) is 14.9 Å². The van der Waals surface area contributed by atoms with Crippen molar-refractivity contribution in [3.8, 4) is 0 Å². The second-order valence-corrected chi connectivity index (χ2v) is 4.90. The van der Waals surface area contributed by atoms with Gasteiger partial charge in [-0.1, -0.05) is 31.2 Å². The highest BCUT2D eigenvalue weighted by molar-refractivity contribution is 5.22. The lowest BCUT2D eigenvalue weighted by Gasteiger charge is -2.24. The standard InChI is InChI=1S/C16H21N3/c1-4-14-5-7-15(8-6-14)11-19(3)13(2)16-9-10-17-12-18-16/h5-10,12-13H,4,11H2,1-3H3. The summed E-state index contributed by atoms with van der Waals surface area (Å²) in [5, 5.41) is 0. The van der Waals surface area contributed by atoms with Crippen molar-refractivity contribution < 1.29 is 0 Å². The zero-order valence-electron chi connectivity index (χ0n) is 11.9. The summed E-state index contributed by atoms with van der Waals surface area (Å²) >= 11 is 0. The maximum absolute atomic E-state index is 4.32. The van der Waals surface area contributed by atoms with E-state index in [1.165, 1.54) is 11.1 Å². The van der Waals surface area contributed by atoms with Gasteiger partial charge in [-0.05, 0) is 37.6 Å². The first kappa shape index (κ1) is 13.7. The highest BCUT2D eigenvalue weighted by Gasteiger charge is 2.12. The van der Waals surface area contributed by atoms with Crippen LogP contribution in [-0.4, -0.2) is 21.9 Å². The normalized spacial score (nSPS) is 12.6. The smallest absolute Gasteiger partial charge is 0.115 e. The summed E-state index contributed by atoms with van der Waals surface area (Å²) < 4.78 is 0. The predicted octanol–water partition coefficient (Wildman–Crippen LogP) is 3.23. The van der Waals surface area contributed by atoms with Crippen LogP contribution >= 0.6 is 0 Å². The maximum Gasteiger partial charge on any atom is 0.115 e. The molecule has 3 nitrogen and oxygen atoms in total. The van der Waals surface area contributed by atoms with E-state index in [1.807, 2.05) is 6.07 Å². The summed E-state index contributed by atoms with van der Waals surface area (Å²) in [6, 6.07) is 11.1. The van der Waals surface area contributed by atoms with E-state index in [4.69, 9.17) is 0 Å². The lowest BCUT2D eigenvalue weighted by atomic mass is 10.1. The fourth-order valence-corrected chi connectivity index (χ4v) is 2.08. The fourth-order valence-electron chi connectivity index (χ4n) is 2.08. The topological polar surface area (TPSA) is 29.0 Å². The van der Waals surface area contributed by atoms with E-state index < -0.39 is 0 Å². The first-order valence-corrected chi connectivity index (χ1v) is 6.74. The molecule has 0 fully saturated rings. The molecule has 1 aromatic carbocycles. The highest BCUT2D eigenvalue weighted by Crippen LogP contribution is 2.18. The van der Waals surface area contributed by atoms with Gasteiger partial charge in [0.2, 0.25) is 0 Å². The van der Waals surface area contributed by atoms with Crippen LogP contribution in [0.5, 0.6) is 0 Å². The van der Waals surface area contributed by atoms with E-state index in [0.717, 1.165) is 18.7 Å². The van der Waals surface area contributed by atoms with E-state index in [9.17, 15) is 0 Å². The molecule has 19 heavy (non-hydrogen) atoms. The van der Waals surface area contributed by atoms with Gasteiger partial charge in [-0.25, -0.2) is 9.97 Å². The molecule has 0 radical (unpaired) electrons. The zero-order valence-corrected chi connectivity index (χ0v) is 11.9. The van der Waals surface area contributed by atoms with Gasteiger partial charge in [0.05, 0.1) is 5.69 Å². The molecule has 0 saturated carbocycles. The molecular formula is C16H21N3. The molecule has 0 amide bonds. The van der Waals surface area contributed by atoms with Crippen molar-refractivity contribution in [2.24, 2.45) is 0 Å². The van der Waals surface area contributed by atoms with Gasteiger partial charge < -0.3 is 0 Å². The van der Waals surface area contributed by atoms with Crippen molar-refractivity contribution in [3.05, 3.63) is 59.7 Å². The largest absolute Gasteiger partial charge is 0.294 e. The molecule has 1 atom stereocenters. The molecule has 1 heterocycles. The second-order valence-electron chi connectivity index (χ2n) is 4.90. The van der Waals surface area contributed by atoms with E-state index in [0.29, 0.717) is 0 Å². The van der Waals surface area contributed by atoms with Crippen molar-refractivity contribution >= 4 is 0 Å². The summed E-state index contributed by atoms with van der Waals surface area (Å²) in [6.07, 6.45) is 4.49. The van der Waals surface area contributed by atoms with Gasteiger partial charge in [-0.15, -0.1) is 0 Å². The van der Waals surface area contributed by atoms with Crippen LogP contribution in [0, 0.1) is 0 Å². The highest BCUT2D eigenvalue weighted by atomic mass is 15.1. The summed E-state index contributed by atoms with van der Waals surface area (Å²) in [7, 11) is 2.13. The molecule has 2 aromatic rings. The van der Waals surface area contributed by atoms with Crippen LogP contribution < -0.4 is 0 Å². The Morgan fingerprint density at radius 1 is 1.11 bits per heavy atom. The number of benzene rings is 1. The number of rotatable bonds is 5.